The highest BCUT2D eigenvalue weighted by Crippen LogP contribution is 2.33. The van der Waals surface area contributed by atoms with Crippen molar-refractivity contribution < 1.29 is 0 Å². The lowest BCUT2D eigenvalue weighted by molar-refractivity contribution is 0.871. The lowest BCUT2D eigenvalue weighted by Crippen LogP contribution is -2.23. The van der Waals surface area contributed by atoms with Gasteiger partial charge in [-0.05, 0) is 30.2 Å². The van der Waals surface area contributed by atoms with E-state index in [0.717, 1.165) is 13.0 Å². The summed E-state index contributed by atoms with van der Waals surface area (Å²) in [4.78, 5) is 2.35. The molecule has 2 aromatic carbocycles. The number of fused-ring (bicyclic) bond motifs is 1. The SMILES string of the molecule is [C]1CCN(c2ccccc2)c2ccccc21. The molecule has 0 saturated carbocycles. The van der Waals surface area contributed by atoms with Gasteiger partial charge in [-0.25, -0.2) is 0 Å². The second kappa shape index (κ2) is 4.01. The maximum absolute atomic E-state index is 3.42. The van der Waals surface area contributed by atoms with E-state index in [9.17, 15) is 0 Å². The molecule has 0 unspecified atom stereocenters. The van der Waals surface area contributed by atoms with Crippen molar-refractivity contribution in [2.45, 2.75) is 6.42 Å². The van der Waals surface area contributed by atoms with E-state index >= 15 is 0 Å². The molecule has 16 heavy (non-hydrogen) atoms. The number of para-hydroxylation sites is 2. The molecule has 2 aromatic rings. The maximum Gasteiger partial charge on any atom is 0.0449 e. The first kappa shape index (κ1) is 9.46. The molecule has 0 aromatic heterocycles. The molecule has 3 rings (SSSR count). The van der Waals surface area contributed by atoms with Crippen molar-refractivity contribution in [3.05, 3.63) is 66.6 Å². The van der Waals surface area contributed by atoms with Gasteiger partial charge < -0.3 is 4.90 Å². The molecular formula is C15H13N. The van der Waals surface area contributed by atoms with Gasteiger partial charge in [0, 0.05) is 24.3 Å². The largest absolute Gasteiger partial charge is 0.341 e. The van der Waals surface area contributed by atoms with Crippen LogP contribution in [-0.4, -0.2) is 6.54 Å². The minimum atomic E-state index is 0.992. The molecule has 1 aliphatic rings. The van der Waals surface area contributed by atoms with Crippen molar-refractivity contribution in [1.29, 1.82) is 0 Å². The van der Waals surface area contributed by atoms with Crippen molar-refractivity contribution >= 4 is 11.4 Å². The lowest BCUT2D eigenvalue weighted by atomic mass is 10.0. The number of anilines is 2. The van der Waals surface area contributed by atoms with Crippen LogP contribution in [0.1, 0.15) is 12.0 Å². The molecule has 1 heteroatoms. The average Bonchev–Trinajstić information content (AvgIpc) is 2.39. The molecule has 1 heterocycles. The highest BCUT2D eigenvalue weighted by atomic mass is 15.1. The molecule has 78 valence electrons. The number of hydrogen-bond donors (Lipinski definition) is 0. The van der Waals surface area contributed by atoms with Crippen molar-refractivity contribution in [1.82, 2.24) is 0 Å². The number of rotatable bonds is 1. The first-order valence-corrected chi connectivity index (χ1v) is 5.61. The van der Waals surface area contributed by atoms with Crippen LogP contribution in [0, 0.1) is 6.42 Å². The summed E-state index contributed by atoms with van der Waals surface area (Å²) in [6.45, 7) is 1.01. The van der Waals surface area contributed by atoms with Crippen LogP contribution in [0.4, 0.5) is 11.4 Å². The van der Waals surface area contributed by atoms with Gasteiger partial charge in [0.2, 0.25) is 0 Å². The first-order chi connectivity index (χ1) is 7.95. The average molecular weight is 207 g/mol. The van der Waals surface area contributed by atoms with Gasteiger partial charge in [-0.1, -0.05) is 36.4 Å². The molecule has 1 aliphatic heterocycles. The summed E-state index contributed by atoms with van der Waals surface area (Å²) in [5, 5.41) is 0. The lowest BCUT2D eigenvalue weighted by Gasteiger charge is -2.30. The summed E-state index contributed by atoms with van der Waals surface area (Å²) < 4.78 is 0. The van der Waals surface area contributed by atoms with Crippen molar-refractivity contribution in [3.63, 3.8) is 0 Å². The number of hydrogen-bond acceptors (Lipinski definition) is 1. The Morgan fingerprint density at radius 3 is 2.50 bits per heavy atom. The zero-order valence-electron chi connectivity index (χ0n) is 9.06. The summed E-state index contributed by atoms with van der Waals surface area (Å²) in [5.74, 6) is 0. The van der Waals surface area contributed by atoms with Gasteiger partial charge in [0.05, 0.1) is 0 Å². The van der Waals surface area contributed by atoms with E-state index in [1.807, 2.05) is 0 Å². The third kappa shape index (κ3) is 1.58. The monoisotopic (exact) mass is 207 g/mol. The maximum atomic E-state index is 3.42. The summed E-state index contributed by atoms with van der Waals surface area (Å²) in [6, 6.07) is 19.0. The first-order valence-electron chi connectivity index (χ1n) is 5.61. The minimum Gasteiger partial charge on any atom is -0.341 e. The van der Waals surface area contributed by atoms with Gasteiger partial charge in [0.25, 0.3) is 0 Å². The summed E-state index contributed by atoms with van der Waals surface area (Å²) in [6.07, 6.45) is 4.41. The van der Waals surface area contributed by atoms with Crippen LogP contribution in [0.15, 0.2) is 54.6 Å². The highest BCUT2D eigenvalue weighted by Gasteiger charge is 2.17. The Morgan fingerprint density at radius 2 is 1.62 bits per heavy atom. The van der Waals surface area contributed by atoms with Crippen molar-refractivity contribution in [2.24, 2.45) is 0 Å². The van der Waals surface area contributed by atoms with E-state index in [2.05, 4.69) is 65.9 Å². The second-order valence-electron chi connectivity index (χ2n) is 3.93. The quantitative estimate of drug-likeness (QED) is 0.689. The zero-order valence-corrected chi connectivity index (χ0v) is 9.06. The van der Waals surface area contributed by atoms with Crippen LogP contribution in [0.3, 0.4) is 0 Å². The van der Waals surface area contributed by atoms with Gasteiger partial charge in [-0.3, -0.25) is 0 Å². The molecule has 0 aliphatic carbocycles. The van der Waals surface area contributed by atoms with E-state index in [1.54, 1.807) is 0 Å². The van der Waals surface area contributed by atoms with Gasteiger partial charge in [0.15, 0.2) is 0 Å². The Morgan fingerprint density at radius 1 is 0.875 bits per heavy atom. The van der Waals surface area contributed by atoms with E-state index < -0.39 is 0 Å². The van der Waals surface area contributed by atoms with E-state index in [1.165, 1.54) is 16.9 Å². The highest BCUT2D eigenvalue weighted by molar-refractivity contribution is 5.69. The van der Waals surface area contributed by atoms with Gasteiger partial charge in [-0.2, -0.15) is 0 Å². The molecule has 0 amide bonds. The molecule has 0 N–H and O–H groups in total. The van der Waals surface area contributed by atoms with Crippen LogP contribution in [0.2, 0.25) is 0 Å². The fourth-order valence-corrected chi connectivity index (χ4v) is 2.16. The third-order valence-corrected chi connectivity index (χ3v) is 2.91. The van der Waals surface area contributed by atoms with Crippen LogP contribution in [0.5, 0.6) is 0 Å². The normalized spacial score (nSPS) is 14.6. The molecule has 0 saturated heterocycles. The minimum absolute atomic E-state index is 0.992. The fourth-order valence-electron chi connectivity index (χ4n) is 2.16. The van der Waals surface area contributed by atoms with Crippen LogP contribution in [0.25, 0.3) is 0 Å². The standard InChI is InChI=1S/C15H13N/c1-2-9-14(10-3-1)16-12-6-8-13-7-4-5-11-15(13)16/h1-5,7,9-11H,6,12H2. The Kier molecular flexibility index (Phi) is 2.37. The predicted octanol–water partition coefficient (Wildman–Crippen LogP) is 3.66. The molecule has 1 nitrogen and oxygen atoms in total. The number of nitrogens with zero attached hydrogens (tertiary/aromatic N) is 1. The Balaban J connectivity index is 2.05. The van der Waals surface area contributed by atoms with E-state index in [4.69, 9.17) is 0 Å². The smallest absolute Gasteiger partial charge is 0.0449 e. The van der Waals surface area contributed by atoms with Gasteiger partial charge >= 0.3 is 0 Å². The van der Waals surface area contributed by atoms with E-state index in [-0.39, 0.29) is 0 Å². The number of benzene rings is 2. The second-order valence-corrected chi connectivity index (χ2v) is 3.93. The molecule has 0 fully saturated rings. The van der Waals surface area contributed by atoms with Crippen LogP contribution in [-0.2, 0) is 0 Å². The molecular weight excluding hydrogens is 194 g/mol. The van der Waals surface area contributed by atoms with Crippen molar-refractivity contribution in [2.75, 3.05) is 11.4 Å². The molecule has 0 atom stereocenters. The third-order valence-electron chi connectivity index (χ3n) is 2.91. The molecule has 0 spiro atoms. The summed E-state index contributed by atoms with van der Waals surface area (Å²) >= 11 is 0. The van der Waals surface area contributed by atoms with Gasteiger partial charge in [0.1, 0.15) is 0 Å². The molecule has 2 radical (unpaired) electrons. The van der Waals surface area contributed by atoms with Crippen molar-refractivity contribution in [3.8, 4) is 0 Å². The Hall–Kier alpha value is -1.76. The zero-order chi connectivity index (χ0) is 10.8. The predicted molar refractivity (Wildman–Crippen MR) is 66.9 cm³/mol. The van der Waals surface area contributed by atoms with Crippen LogP contribution >= 0.6 is 0 Å². The topological polar surface area (TPSA) is 3.24 Å². The van der Waals surface area contributed by atoms with Gasteiger partial charge in [-0.15, -0.1) is 0 Å². The summed E-state index contributed by atoms with van der Waals surface area (Å²) in [7, 11) is 0. The van der Waals surface area contributed by atoms with E-state index in [0.29, 0.717) is 0 Å². The van der Waals surface area contributed by atoms with Crippen LogP contribution < -0.4 is 4.90 Å². The fraction of sp³-hybridized carbons (Fsp3) is 0.133. The molecule has 0 bridgehead atoms. The summed E-state index contributed by atoms with van der Waals surface area (Å²) in [5.41, 5.74) is 3.74. The Labute approximate surface area is 96.3 Å². The Bertz CT molecular complexity index is 476.